The highest BCUT2D eigenvalue weighted by Crippen LogP contribution is 2.21. The van der Waals surface area contributed by atoms with E-state index in [4.69, 9.17) is 10.9 Å². The molecule has 5 nitrogen and oxygen atoms in total. The fraction of sp³-hybridized carbons (Fsp3) is 0.615. The van der Waals surface area contributed by atoms with Crippen LogP contribution in [0.4, 0.5) is 5.82 Å². The van der Waals surface area contributed by atoms with Crippen LogP contribution in [0, 0.1) is 0 Å². The number of aromatic nitrogens is 1. The number of likely N-dealkylation sites (tertiary alicyclic amines) is 1. The Kier molecular flexibility index (Phi) is 4.92. The van der Waals surface area contributed by atoms with E-state index in [1.54, 1.807) is 0 Å². The first-order chi connectivity index (χ1) is 8.83. The maximum Gasteiger partial charge on any atom is 0.139 e. The van der Waals surface area contributed by atoms with Crippen LogP contribution < -0.4 is 11.3 Å². The average Bonchev–Trinajstić information content (AvgIpc) is 2.42. The molecule has 1 aromatic heterocycles. The van der Waals surface area contributed by atoms with Gasteiger partial charge in [-0.1, -0.05) is 12.5 Å². The molecule has 1 atom stereocenters. The molecule has 0 amide bonds. The number of aliphatic hydroxyl groups excluding tert-OH is 1. The minimum Gasteiger partial charge on any atom is -0.396 e. The molecule has 1 aromatic rings. The summed E-state index contributed by atoms with van der Waals surface area (Å²) in [5, 5.41) is 9.11. The number of aliphatic hydroxyl groups is 1. The number of nitrogen functional groups attached to an aromatic ring is 1. The predicted molar refractivity (Wildman–Crippen MR) is 71.8 cm³/mol. The molecule has 0 spiro atoms. The minimum absolute atomic E-state index is 0.273. The molecule has 2 rings (SSSR count). The highest BCUT2D eigenvalue weighted by Gasteiger charge is 2.21. The van der Waals surface area contributed by atoms with E-state index in [0.29, 0.717) is 11.9 Å². The normalized spacial score (nSPS) is 20.9. The summed E-state index contributed by atoms with van der Waals surface area (Å²) in [4.78, 5) is 6.67. The van der Waals surface area contributed by atoms with Crippen LogP contribution in [0.25, 0.3) is 0 Å². The topological polar surface area (TPSA) is 74.4 Å². The van der Waals surface area contributed by atoms with E-state index in [-0.39, 0.29) is 6.61 Å². The summed E-state index contributed by atoms with van der Waals surface area (Å²) in [5.74, 6) is 5.98. The van der Waals surface area contributed by atoms with Gasteiger partial charge in [0.25, 0.3) is 0 Å². The number of hydrazine groups is 1. The van der Waals surface area contributed by atoms with Crippen molar-refractivity contribution in [3.05, 3.63) is 23.9 Å². The van der Waals surface area contributed by atoms with E-state index < -0.39 is 0 Å². The first-order valence-corrected chi connectivity index (χ1v) is 6.60. The highest BCUT2D eigenvalue weighted by molar-refractivity contribution is 5.33. The lowest BCUT2D eigenvalue weighted by atomic mass is 9.99. The van der Waals surface area contributed by atoms with Gasteiger partial charge in [0.1, 0.15) is 5.82 Å². The maximum absolute atomic E-state index is 9.11. The monoisotopic (exact) mass is 250 g/mol. The zero-order valence-electron chi connectivity index (χ0n) is 10.7. The smallest absolute Gasteiger partial charge is 0.139 e. The molecule has 0 aliphatic carbocycles. The minimum atomic E-state index is 0.273. The molecule has 1 aliphatic heterocycles. The van der Waals surface area contributed by atoms with Crippen LogP contribution in [-0.4, -0.2) is 34.2 Å². The molecular formula is C13H22N4O. The van der Waals surface area contributed by atoms with Crippen molar-refractivity contribution in [2.24, 2.45) is 5.84 Å². The third-order valence-corrected chi connectivity index (χ3v) is 3.57. The van der Waals surface area contributed by atoms with Gasteiger partial charge in [-0.25, -0.2) is 10.8 Å². The second kappa shape index (κ2) is 6.68. The SMILES string of the molecule is NNc1ccc(CN2CCCCC2CCO)cn1. The molecular weight excluding hydrogens is 228 g/mol. The van der Waals surface area contributed by atoms with Crippen LogP contribution in [0.3, 0.4) is 0 Å². The van der Waals surface area contributed by atoms with E-state index in [1.165, 1.54) is 24.8 Å². The van der Waals surface area contributed by atoms with Gasteiger partial charge in [-0.05, 0) is 37.4 Å². The van der Waals surface area contributed by atoms with Crippen molar-refractivity contribution in [2.75, 3.05) is 18.6 Å². The lowest BCUT2D eigenvalue weighted by molar-refractivity contribution is 0.112. The molecule has 1 fully saturated rings. The Morgan fingerprint density at radius 1 is 1.44 bits per heavy atom. The predicted octanol–water partition coefficient (Wildman–Crippen LogP) is 1.10. The zero-order chi connectivity index (χ0) is 12.8. The van der Waals surface area contributed by atoms with E-state index in [1.807, 2.05) is 18.3 Å². The zero-order valence-corrected chi connectivity index (χ0v) is 10.7. The van der Waals surface area contributed by atoms with Crippen molar-refractivity contribution >= 4 is 5.82 Å². The summed E-state index contributed by atoms with van der Waals surface area (Å²) in [6.45, 7) is 2.29. The average molecular weight is 250 g/mol. The highest BCUT2D eigenvalue weighted by atomic mass is 16.3. The molecule has 0 radical (unpaired) electrons. The quantitative estimate of drug-likeness (QED) is 0.539. The fourth-order valence-electron chi connectivity index (χ4n) is 2.58. The second-order valence-electron chi connectivity index (χ2n) is 4.83. The third kappa shape index (κ3) is 3.41. The number of hydrogen-bond acceptors (Lipinski definition) is 5. The molecule has 0 bridgehead atoms. The molecule has 5 heteroatoms. The molecule has 2 heterocycles. The molecule has 1 aliphatic rings. The number of nitrogens with two attached hydrogens (primary N) is 1. The Hall–Kier alpha value is -1.17. The van der Waals surface area contributed by atoms with Crippen LogP contribution in [0.5, 0.6) is 0 Å². The Labute approximate surface area is 108 Å². The number of nitrogens with zero attached hydrogens (tertiary/aromatic N) is 2. The molecule has 1 unspecified atom stereocenters. The van der Waals surface area contributed by atoms with Gasteiger partial charge in [0.2, 0.25) is 0 Å². The van der Waals surface area contributed by atoms with Crippen LogP contribution >= 0.6 is 0 Å². The van der Waals surface area contributed by atoms with Gasteiger partial charge >= 0.3 is 0 Å². The molecule has 18 heavy (non-hydrogen) atoms. The van der Waals surface area contributed by atoms with E-state index >= 15 is 0 Å². The number of anilines is 1. The van der Waals surface area contributed by atoms with Crippen molar-refractivity contribution in [2.45, 2.75) is 38.3 Å². The summed E-state index contributed by atoms with van der Waals surface area (Å²) < 4.78 is 0. The molecule has 1 saturated heterocycles. The van der Waals surface area contributed by atoms with Gasteiger partial charge in [0.05, 0.1) is 0 Å². The van der Waals surface area contributed by atoms with Crippen molar-refractivity contribution < 1.29 is 5.11 Å². The lowest BCUT2D eigenvalue weighted by Gasteiger charge is -2.35. The Bertz CT molecular complexity index is 353. The van der Waals surface area contributed by atoms with Crippen LogP contribution in [0.15, 0.2) is 18.3 Å². The summed E-state index contributed by atoms with van der Waals surface area (Å²) in [5.41, 5.74) is 3.72. The lowest BCUT2D eigenvalue weighted by Crippen LogP contribution is -2.39. The van der Waals surface area contributed by atoms with Gasteiger partial charge in [0.15, 0.2) is 0 Å². The third-order valence-electron chi connectivity index (χ3n) is 3.57. The standard InChI is InChI=1S/C13H22N4O/c14-16-13-5-4-11(9-15-13)10-17-7-2-1-3-12(17)6-8-18/h4-5,9,12,18H,1-3,6-8,10,14H2,(H,15,16). The molecule has 4 N–H and O–H groups in total. The van der Waals surface area contributed by atoms with Crippen molar-refractivity contribution in [3.63, 3.8) is 0 Å². The second-order valence-corrected chi connectivity index (χ2v) is 4.83. The van der Waals surface area contributed by atoms with Crippen molar-refractivity contribution in [3.8, 4) is 0 Å². The summed E-state index contributed by atoms with van der Waals surface area (Å²) >= 11 is 0. The summed E-state index contributed by atoms with van der Waals surface area (Å²) in [6, 6.07) is 4.45. The van der Waals surface area contributed by atoms with Crippen LogP contribution in [-0.2, 0) is 6.54 Å². The molecule has 0 saturated carbocycles. The first kappa shape index (κ1) is 13.3. The number of hydrogen-bond donors (Lipinski definition) is 3. The van der Waals surface area contributed by atoms with Gasteiger partial charge in [-0.3, -0.25) is 4.90 Å². The van der Waals surface area contributed by atoms with Crippen molar-refractivity contribution in [1.82, 2.24) is 9.88 Å². The van der Waals surface area contributed by atoms with Crippen LogP contribution in [0.2, 0.25) is 0 Å². The number of nitrogens with one attached hydrogen (secondary N) is 1. The Balaban J connectivity index is 1.96. The van der Waals surface area contributed by atoms with Gasteiger partial charge < -0.3 is 10.5 Å². The maximum atomic E-state index is 9.11. The Morgan fingerprint density at radius 3 is 3.00 bits per heavy atom. The number of piperidine rings is 1. The number of pyridine rings is 1. The largest absolute Gasteiger partial charge is 0.396 e. The number of rotatable bonds is 5. The summed E-state index contributed by atoms with van der Waals surface area (Å²) in [6.07, 6.45) is 6.44. The van der Waals surface area contributed by atoms with E-state index in [0.717, 1.165) is 19.5 Å². The van der Waals surface area contributed by atoms with E-state index in [9.17, 15) is 0 Å². The first-order valence-electron chi connectivity index (χ1n) is 6.60. The van der Waals surface area contributed by atoms with Gasteiger partial charge in [-0.2, -0.15) is 0 Å². The summed E-state index contributed by atoms with van der Waals surface area (Å²) in [7, 11) is 0. The van der Waals surface area contributed by atoms with E-state index in [2.05, 4.69) is 15.3 Å². The van der Waals surface area contributed by atoms with Crippen molar-refractivity contribution in [1.29, 1.82) is 0 Å². The fourth-order valence-corrected chi connectivity index (χ4v) is 2.58. The molecule has 0 aromatic carbocycles. The van der Waals surface area contributed by atoms with Gasteiger partial charge in [-0.15, -0.1) is 0 Å². The van der Waals surface area contributed by atoms with Gasteiger partial charge in [0, 0.05) is 25.4 Å². The molecule has 100 valence electrons. The Morgan fingerprint density at radius 2 is 2.33 bits per heavy atom. The van der Waals surface area contributed by atoms with Crippen LogP contribution in [0.1, 0.15) is 31.2 Å².